The Balaban J connectivity index is 1.41. The van der Waals surface area contributed by atoms with Gasteiger partial charge < -0.3 is 0 Å². The van der Waals surface area contributed by atoms with Crippen LogP contribution in [0, 0.1) is 11.8 Å². The van der Waals surface area contributed by atoms with E-state index in [0.717, 1.165) is 29.3 Å². The van der Waals surface area contributed by atoms with Crippen LogP contribution in [0.15, 0.2) is 18.2 Å². The van der Waals surface area contributed by atoms with Gasteiger partial charge in [0, 0.05) is 23.6 Å². The molecule has 0 radical (unpaired) electrons. The van der Waals surface area contributed by atoms with Crippen LogP contribution in [-0.4, -0.2) is 44.7 Å². The molecule has 5 nitrogen and oxygen atoms in total. The third kappa shape index (κ3) is 2.43. The molecule has 2 saturated carbocycles. The Morgan fingerprint density at radius 3 is 2.89 bits per heavy atom. The quantitative estimate of drug-likeness (QED) is 0.903. The second kappa shape index (κ2) is 6.13. The Kier molecular flexibility index (Phi) is 3.68. The van der Waals surface area contributed by atoms with Gasteiger partial charge in [0.1, 0.15) is 0 Å². The number of H-pyrrole nitrogens is 1. The molecule has 0 unspecified atom stereocenters. The first kappa shape index (κ1) is 16.2. The maximum absolute atomic E-state index is 4.22. The van der Waals surface area contributed by atoms with Gasteiger partial charge in [0.25, 0.3) is 0 Å². The van der Waals surface area contributed by atoms with E-state index in [2.05, 4.69) is 43.7 Å². The molecule has 1 aromatic carbocycles. The second-order valence-corrected chi connectivity index (χ2v) is 9.43. The monoisotopic (exact) mass is 363 g/mol. The topological polar surface area (TPSA) is 57.7 Å². The highest BCUT2D eigenvalue weighted by atomic mass is 15.5. The van der Waals surface area contributed by atoms with Gasteiger partial charge in [-0.3, -0.25) is 4.90 Å². The summed E-state index contributed by atoms with van der Waals surface area (Å²) in [5, 5.41) is 14.8. The van der Waals surface area contributed by atoms with E-state index in [1.54, 1.807) is 11.1 Å². The molecule has 142 valence electrons. The zero-order chi connectivity index (χ0) is 17.8. The highest BCUT2D eigenvalue weighted by Gasteiger charge is 2.53. The Morgan fingerprint density at radius 1 is 1.11 bits per heavy atom. The van der Waals surface area contributed by atoms with E-state index in [1.165, 1.54) is 70.9 Å². The summed E-state index contributed by atoms with van der Waals surface area (Å²) in [6, 6.07) is 7.75. The number of likely N-dealkylation sites (tertiary alicyclic amines) is 1. The average molecular weight is 364 g/mol. The maximum atomic E-state index is 4.22. The fraction of sp³-hybridized carbons (Fsp3) is 0.682. The first-order chi connectivity index (χ1) is 13.3. The molecule has 3 aliphatic carbocycles. The minimum atomic E-state index is 0.395. The summed E-state index contributed by atoms with van der Waals surface area (Å²) in [5.74, 6) is 2.54. The number of rotatable bonds is 3. The van der Waals surface area contributed by atoms with Crippen molar-refractivity contribution in [3.8, 4) is 11.4 Å². The summed E-state index contributed by atoms with van der Waals surface area (Å²) in [5.41, 5.74) is 4.72. The van der Waals surface area contributed by atoms with Crippen molar-refractivity contribution >= 4 is 0 Å². The summed E-state index contributed by atoms with van der Waals surface area (Å²) in [4.78, 5) is 2.90. The third-order valence-corrected chi connectivity index (χ3v) is 8.27. The maximum Gasteiger partial charge on any atom is 0.204 e. The van der Waals surface area contributed by atoms with Crippen molar-refractivity contribution in [2.75, 3.05) is 13.1 Å². The first-order valence-corrected chi connectivity index (χ1v) is 10.9. The molecule has 3 fully saturated rings. The van der Waals surface area contributed by atoms with Crippen molar-refractivity contribution in [3.63, 3.8) is 0 Å². The number of aromatic amines is 1. The number of aromatic nitrogens is 4. The van der Waals surface area contributed by atoms with Crippen LogP contribution in [0.25, 0.3) is 11.4 Å². The van der Waals surface area contributed by atoms with Crippen LogP contribution < -0.4 is 0 Å². The van der Waals surface area contributed by atoms with E-state index in [-0.39, 0.29) is 0 Å². The summed E-state index contributed by atoms with van der Waals surface area (Å²) in [7, 11) is 0. The molecule has 27 heavy (non-hydrogen) atoms. The first-order valence-electron chi connectivity index (χ1n) is 10.9. The molecule has 3 atom stereocenters. The molecule has 1 N–H and O–H groups in total. The molecule has 1 saturated heterocycles. The van der Waals surface area contributed by atoms with Gasteiger partial charge in [-0.2, -0.15) is 5.21 Å². The van der Waals surface area contributed by atoms with Crippen LogP contribution in [0.1, 0.15) is 62.5 Å². The predicted molar refractivity (Wildman–Crippen MR) is 104 cm³/mol. The van der Waals surface area contributed by atoms with Gasteiger partial charge in [-0.1, -0.05) is 31.4 Å². The van der Waals surface area contributed by atoms with Gasteiger partial charge >= 0.3 is 0 Å². The number of piperidine rings is 1. The van der Waals surface area contributed by atoms with Crippen molar-refractivity contribution < 1.29 is 0 Å². The minimum Gasteiger partial charge on any atom is -0.299 e. The average Bonchev–Trinajstić information content (AvgIpc) is 3.20. The normalized spacial score (nSPS) is 33.2. The van der Waals surface area contributed by atoms with Crippen molar-refractivity contribution in [2.45, 2.75) is 69.2 Å². The zero-order valence-corrected chi connectivity index (χ0v) is 16.0. The van der Waals surface area contributed by atoms with Gasteiger partial charge in [0.15, 0.2) is 0 Å². The number of hydrogen-bond donors (Lipinski definition) is 1. The molecule has 2 heterocycles. The highest BCUT2D eigenvalue weighted by Crippen LogP contribution is 2.56. The molecular formula is C22H29N5. The number of benzene rings is 1. The minimum absolute atomic E-state index is 0.395. The van der Waals surface area contributed by atoms with Crippen molar-refractivity contribution in [1.82, 2.24) is 25.5 Å². The standard InChI is InChI=1S/C22H29N5/c1-2-9-22-10-11-27(14-15-4-3-5-15)20(18(22)6-1)13-16-7-8-17(12-19(16)22)21-23-25-26-24-21/h7-8,12,15,18,20H,1-6,9-11,13-14H2,(H,23,24,25,26)/t18-,20+,22+/m0/s1. The van der Waals surface area contributed by atoms with Gasteiger partial charge in [-0.05, 0) is 79.3 Å². The van der Waals surface area contributed by atoms with Crippen LogP contribution in [-0.2, 0) is 11.8 Å². The SMILES string of the molecule is c1cc2c(cc1-c1nn[nH]n1)[C@@]13CCCC[C@H]1[C@@H](C2)N(CC1CCC1)CC3. The van der Waals surface area contributed by atoms with E-state index in [9.17, 15) is 0 Å². The van der Waals surface area contributed by atoms with E-state index in [1.807, 2.05) is 0 Å². The van der Waals surface area contributed by atoms with Crippen LogP contribution in [0.2, 0.25) is 0 Å². The van der Waals surface area contributed by atoms with E-state index < -0.39 is 0 Å². The largest absolute Gasteiger partial charge is 0.299 e. The van der Waals surface area contributed by atoms with Gasteiger partial charge in [-0.15, -0.1) is 10.2 Å². The summed E-state index contributed by atoms with van der Waals surface area (Å²) >= 11 is 0. The van der Waals surface area contributed by atoms with Crippen LogP contribution in [0.3, 0.4) is 0 Å². The molecule has 5 heteroatoms. The van der Waals surface area contributed by atoms with Crippen LogP contribution in [0.4, 0.5) is 0 Å². The van der Waals surface area contributed by atoms with E-state index in [0.29, 0.717) is 5.41 Å². The Labute approximate surface area is 160 Å². The smallest absolute Gasteiger partial charge is 0.204 e. The lowest BCUT2D eigenvalue weighted by Crippen LogP contribution is -2.61. The number of hydrogen-bond acceptors (Lipinski definition) is 4. The number of tetrazole rings is 1. The van der Waals surface area contributed by atoms with Crippen molar-refractivity contribution in [3.05, 3.63) is 29.3 Å². The zero-order valence-electron chi connectivity index (χ0n) is 16.0. The summed E-state index contributed by atoms with van der Waals surface area (Å²) < 4.78 is 0. The number of nitrogens with zero attached hydrogens (tertiary/aromatic N) is 4. The highest BCUT2D eigenvalue weighted by molar-refractivity contribution is 5.59. The molecule has 4 aliphatic rings. The Morgan fingerprint density at radius 2 is 2.07 bits per heavy atom. The number of nitrogens with one attached hydrogen (secondary N) is 1. The Hall–Kier alpha value is -1.75. The van der Waals surface area contributed by atoms with Crippen LogP contribution >= 0.6 is 0 Å². The van der Waals surface area contributed by atoms with E-state index in [4.69, 9.17) is 0 Å². The molecule has 2 bridgehead atoms. The second-order valence-electron chi connectivity index (χ2n) is 9.43. The molecular weight excluding hydrogens is 334 g/mol. The number of fused-ring (bicyclic) bond motifs is 1. The fourth-order valence-electron chi connectivity index (χ4n) is 6.74. The van der Waals surface area contributed by atoms with Gasteiger partial charge in [0.2, 0.25) is 5.82 Å². The third-order valence-electron chi connectivity index (χ3n) is 8.27. The molecule has 0 spiro atoms. The Bertz CT molecular complexity index is 827. The van der Waals surface area contributed by atoms with Gasteiger partial charge in [-0.25, -0.2) is 0 Å². The van der Waals surface area contributed by atoms with Crippen molar-refractivity contribution in [1.29, 1.82) is 0 Å². The molecule has 1 aromatic heterocycles. The fourth-order valence-corrected chi connectivity index (χ4v) is 6.74. The molecule has 6 rings (SSSR count). The lowest BCUT2D eigenvalue weighted by molar-refractivity contribution is -0.0239. The summed E-state index contributed by atoms with van der Waals surface area (Å²) in [6.45, 7) is 2.65. The van der Waals surface area contributed by atoms with Gasteiger partial charge in [0.05, 0.1) is 0 Å². The molecule has 2 aromatic rings. The molecule has 0 amide bonds. The lowest BCUT2D eigenvalue weighted by Gasteiger charge is -2.59. The van der Waals surface area contributed by atoms with Crippen molar-refractivity contribution in [2.24, 2.45) is 11.8 Å². The van der Waals surface area contributed by atoms with Crippen LogP contribution in [0.5, 0.6) is 0 Å². The predicted octanol–water partition coefficient (Wildman–Crippen LogP) is 3.73. The summed E-state index contributed by atoms with van der Waals surface area (Å²) in [6.07, 6.45) is 12.5. The molecule has 1 aliphatic heterocycles. The lowest BCUT2D eigenvalue weighted by atomic mass is 9.52. The van der Waals surface area contributed by atoms with E-state index >= 15 is 0 Å².